The average Bonchev–Trinajstić information content (AvgIpc) is 2.55. The monoisotopic (exact) mass is 305 g/mol. The smallest absolute Gasteiger partial charge is 0.234 e. The highest BCUT2D eigenvalue weighted by Gasteiger charge is 2.26. The molecule has 0 aromatic heterocycles. The third-order valence-corrected chi connectivity index (χ3v) is 4.14. The molecule has 1 fully saturated rings. The normalized spacial score (nSPS) is 17.1. The molecule has 0 spiro atoms. The molecule has 1 aliphatic heterocycles. The van der Waals surface area contributed by atoms with Crippen molar-refractivity contribution in [1.82, 2.24) is 9.80 Å². The molecule has 0 bridgehead atoms. The molecule has 120 valence electrons. The summed E-state index contributed by atoms with van der Waals surface area (Å²) in [6, 6.07) is 7.24. The zero-order valence-corrected chi connectivity index (χ0v) is 13.1. The summed E-state index contributed by atoms with van der Waals surface area (Å²) in [6.07, 6.45) is 0.384. The summed E-state index contributed by atoms with van der Waals surface area (Å²) in [7, 11) is 1.62. The summed E-state index contributed by atoms with van der Waals surface area (Å²) in [5, 5.41) is 0. The number of amides is 2. The van der Waals surface area contributed by atoms with Crippen molar-refractivity contribution in [3.63, 3.8) is 0 Å². The minimum atomic E-state index is -0.321. The van der Waals surface area contributed by atoms with Crippen LogP contribution in [0.2, 0.25) is 0 Å². The van der Waals surface area contributed by atoms with Crippen LogP contribution in [0.3, 0.4) is 0 Å². The number of nitrogens with two attached hydrogens (primary N) is 1. The maximum absolute atomic E-state index is 12.3. The van der Waals surface area contributed by atoms with Crippen LogP contribution in [0.5, 0.6) is 5.75 Å². The van der Waals surface area contributed by atoms with Gasteiger partial charge in [0.1, 0.15) is 5.75 Å². The lowest BCUT2D eigenvalue weighted by Crippen LogP contribution is -2.54. The van der Waals surface area contributed by atoms with Crippen LogP contribution in [0, 0.1) is 0 Å². The zero-order valence-electron chi connectivity index (χ0n) is 13.1. The van der Waals surface area contributed by atoms with E-state index in [2.05, 4.69) is 0 Å². The van der Waals surface area contributed by atoms with E-state index in [1.807, 2.05) is 34.1 Å². The van der Waals surface area contributed by atoms with Crippen molar-refractivity contribution in [1.29, 1.82) is 0 Å². The Morgan fingerprint density at radius 3 is 2.27 bits per heavy atom. The second-order valence-corrected chi connectivity index (χ2v) is 5.52. The molecule has 0 aliphatic carbocycles. The summed E-state index contributed by atoms with van der Waals surface area (Å²) in [5.41, 5.74) is 6.29. The van der Waals surface area contributed by atoms with Crippen LogP contribution < -0.4 is 10.5 Å². The van der Waals surface area contributed by atoms with Crippen LogP contribution in [-0.4, -0.2) is 60.9 Å². The molecule has 22 heavy (non-hydrogen) atoms. The summed E-state index contributed by atoms with van der Waals surface area (Å²) in [6.45, 7) is 4.42. The van der Waals surface area contributed by atoms with E-state index in [9.17, 15) is 9.59 Å². The number of ether oxygens (including phenoxy) is 1. The maximum Gasteiger partial charge on any atom is 0.234 e. The van der Waals surface area contributed by atoms with Gasteiger partial charge in [-0.05, 0) is 24.6 Å². The molecule has 1 saturated heterocycles. The second kappa shape index (κ2) is 7.26. The largest absolute Gasteiger partial charge is 0.497 e. The van der Waals surface area contributed by atoms with E-state index < -0.39 is 0 Å². The Bertz CT molecular complexity index is 522. The zero-order chi connectivity index (χ0) is 16.1. The maximum atomic E-state index is 12.3. The summed E-state index contributed by atoms with van der Waals surface area (Å²) in [5.74, 6) is 0.569. The standard InChI is InChI=1S/C16H23N3O3/c1-12(16(17)21)18-7-9-19(10-8-18)15(20)11-13-3-5-14(22-2)6-4-13/h3-6,12H,7-11H2,1-2H3,(H2,17,21)/t12-/m0/s1. The van der Waals surface area contributed by atoms with Crippen molar-refractivity contribution in [2.75, 3.05) is 33.3 Å². The number of benzene rings is 1. The number of carbonyl (C=O) groups is 2. The van der Waals surface area contributed by atoms with Crippen molar-refractivity contribution in [3.8, 4) is 5.75 Å². The fraction of sp³-hybridized carbons (Fsp3) is 0.500. The van der Waals surface area contributed by atoms with Gasteiger partial charge in [0.15, 0.2) is 0 Å². The van der Waals surface area contributed by atoms with Crippen molar-refractivity contribution < 1.29 is 14.3 Å². The predicted molar refractivity (Wildman–Crippen MR) is 83.5 cm³/mol. The van der Waals surface area contributed by atoms with E-state index in [4.69, 9.17) is 10.5 Å². The minimum Gasteiger partial charge on any atom is -0.497 e. The number of rotatable bonds is 5. The fourth-order valence-electron chi connectivity index (χ4n) is 2.57. The molecule has 1 heterocycles. The number of hydrogen-bond donors (Lipinski definition) is 1. The van der Waals surface area contributed by atoms with Gasteiger partial charge in [-0.3, -0.25) is 14.5 Å². The number of hydrogen-bond acceptors (Lipinski definition) is 4. The van der Waals surface area contributed by atoms with Crippen LogP contribution in [-0.2, 0) is 16.0 Å². The lowest BCUT2D eigenvalue weighted by molar-refractivity contribution is -0.133. The van der Waals surface area contributed by atoms with Crippen LogP contribution in [0.25, 0.3) is 0 Å². The molecule has 0 saturated carbocycles. The molecule has 0 radical (unpaired) electrons. The minimum absolute atomic E-state index is 0.108. The van der Waals surface area contributed by atoms with Crippen LogP contribution in [0.15, 0.2) is 24.3 Å². The van der Waals surface area contributed by atoms with Gasteiger partial charge >= 0.3 is 0 Å². The Kier molecular flexibility index (Phi) is 5.38. The first kappa shape index (κ1) is 16.3. The first-order valence-electron chi connectivity index (χ1n) is 7.45. The molecular formula is C16H23N3O3. The van der Waals surface area contributed by atoms with E-state index in [-0.39, 0.29) is 17.9 Å². The summed E-state index contributed by atoms with van der Waals surface area (Å²) >= 11 is 0. The molecule has 0 unspecified atom stereocenters. The fourth-order valence-corrected chi connectivity index (χ4v) is 2.57. The van der Waals surface area contributed by atoms with E-state index in [0.717, 1.165) is 11.3 Å². The molecule has 6 nitrogen and oxygen atoms in total. The topological polar surface area (TPSA) is 75.9 Å². The van der Waals surface area contributed by atoms with Gasteiger partial charge in [-0.25, -0.2) is 0 Å². The van der Waals surface area contributed by atoms with Crippen molar-refractivity contribution in [3.05, 3.63) is 29.8 Å². The van der Waals surface area contributed by atoms with Gasteiger partial charge < -0.3 is 15.4 Å². The van der Waals surface area contributed by atoms with E-state index >= 15 is 0 Å². The Labute approximate surface area is 130 Å². The van der Waals surface area contributed by atoms with Crippen molar-refractivity contribution in [2.45, 2.75) is 19.4 Å². The molecule has 1 aromatic rings. The molecule has 1 aromatic carbocycles. The van der Waals surface area contributed by atoms with E-state index in [0.29, 0.717) is 32.6 Å². The van der Waals surface area contributed by atoms with Gasteiger partial charge in [-0.2, -0.15) is 0 Å². The Morgan fingerprint density at radius 1 is 1.18 bits per heavy atom. The highest BCUT2D eigenvalue weighted by molar-refractivity contribution is 5.80. The quantitative estimate of drug-likeness (QED) is 0.846. The third-order valence-electron chi connectivity index (χ3n) is 4.14. The molecule has 1 aliphatic rings. The number of primary amides is 1. The number of nitrogens with zero attached hydrogens (tertiary/aromatic N) is 2. The molecule has 2 N–H and O–H groups in total. The Morgan fingerprint density at radius 2 is 1.77 bits per heavy atom. The van der Waals surface area contributed by atoms with Gasteiger partial charge in [0.2, 0.25) is 11.8 Å². The number of carbonyl (C=O) groups excluding carboxylic acids is 2. The Hall–Kier alpha value is -2.08. The van der Waals surface area contributed by atoms with Gasteiger partial charge in [-0.15, -0.1) is 0 Å². The molecule has 2 rings (SSSR count). The highest BCUT2D eigenvalue weighted by Crippen LogP contribution is 2.13. The first-order chi connectivity index (χ1) is 10.5. The van der Waals surface area contributed by atoms with Crippen LogP contribution in [0.1, 0.15) is 12.5 Å². The molecule has 6 heteroatoms. The second-order valence-electron chi connectivity index (χ2n) is 5.52. The molecule has 1 atom stereocenters. The number of piperazine rings is 1. The molecular weight excluding hydrogens is 282 g/mol. The SMILES string of the molecule is COc1ccc(CC(=O)N2CCN([C@@H](C)C(N)=O)CC2)cc1. The van der Waals surface area contributed by atoms with Crippen LogP contribution >= 0.6 is 0 Å². The first-order valence-corrected chi connectivity index (χ1v) is 7.45. The summed E-state index contributed by atoms with van der Waals surface area (Å²) in [4.78, 5) is 27.4. The van der Waals surface area contributed by atoms with E-state index in [1.54, 1.807) is 14.0 Å². The lowest BCUT2D eigenvalue weighted by atomic mass is 10.1. The average molecular weight is 305 g/mol. The van der Waals surface area contributed by atoms with Crippen molar-refractivity contribution in [2.24, 2.45) is 5.73 Å². The van der Waals surface area contributed by atoms with Gasteiger partial charge in [-0.1, -0.05) is 12.1 Å². The van der Waals surface area contributed by atoms with Gasteiger partial charge in [0.05, 0.1) is 19.6 Å². The number of methoxy groups -OCH3 is 1. The highest BCUT2D eigenvalue weighted by atomic mass is 16.5. The van der Waals surface area contributed by atoms with Crippen molar-refractivity contribution >= 4 is 11.8 Å². The van der Waals surface area contributed by atoms with E-state index in [1.165, 1.54) is 0 Å². The van der Waals surface area contributed by atoms with Gasteiger partial charge in [0, 0.05) is 26.2 Å². The Balaban J connectivity index is 1.85. The van der Waals surface area contributed by atoms with Crippen LogP contribution in [0.4, 0.5) is 0 Å². The summed E-state index contributed by atoms with van der Waals surface area (Å²) < 4.78 is 5.11. The third kappa shape index (κ3) is 3.98. The van der Waals surface area contributed by atoms with Gasteiger partial charge in [0.25, 0.3) is 0 Å². The lowest BCUT2D eigenvalue weighted by Gasteiger charge is -2.37. The predicted octanol–water partition coefficient (Wildman–Crippen LogP) is 0.256. The molecule has 2 amide bonds.